The van der Waals surface area contributed by atoms with Crippen LogP contribution in [0.3, 0.4) is 0 Å². The Morgan fingerprint density at radius 1 is 1.57 bits per heavy atom. The number of aryl methyl sites for hydroxylation is 1. The highest BCUT2D eigenvalue weighted by Gasteiger charge is 2.17. The normalized spacial score (nSPS) is 12.4. The maximum absolute atomic E-state index is 13.1. The number of halogens is 1. The molecule has 76 valence electrons. The predicted octanol–water partition coefficient (Wildman–Crippen LogP) is 2.73. The number of hydrogen-bond acceptors (Lipinski definition) is 1. The van der Waals surface area contributed by atoms with Gasteiger partial charge in [0.25, 0.3) is 0 Å². The summed E-state index contributed by atoms with van der Waals surface area (Å²) in [5.41, 5.74) is 1.21. The van der Waals surface area contributed by atoms with Crippen molar-refractivity contribution >= 4 is 5.97 Å². The van der Waals surface area contributed by atoms with Gasteiger partial charge < -0.3 is 5.11 Å². The largest absolute Gasteiger partial charge is 0.479 e. The van der Waals surface area contributed by atoms with E-state index in [9.17, 15) is 9.18 Å². The van der Waals surface area contributed by atoms with Crippen LogP contribution in [-0.2, 0) is 11.2 Å². The quantitative estimate of drug-likeness (QED) is 0.803. The fourth-order valence-corrected chi connectivity index (χ4v) is 1.34. The molecule has 0 aliphatic carbocycles. The van der Waals surface area contributed by atoms with Crippen LogP contribution in [0.2, 0.25) is 0 Å². The molecule has 1 N–H and O–H groups in total. The molecule has 0 radical (unpaired) electrons. The van der Waals surface area contributed by atoms with Crippen LogP contribution in [0.1, 0.15) is 30.6 Å². The van der Waals surface area contributed by atoms with E-state index in [0.29, 0.717) is 0 Å². The van der Waals surface area contributed by atoms with Crippen LogP contribution in [0.25, 0.3) is 0 Å². The minimum atomic E-state index is -1.91. The van der Waals surface area contributed by atoms with E-state index < -0.39 is 12.1 Å². The van der Waals surface area contributed by atoms with Crippen LogP contribution >= 0.6 is 0 Å². The van der Waals surface area contributed by atoms with Crippen molar-refractivity contribution in [3.8, 4) is 0 Å². The third-order valence-electron chi connectivity index (χ3n) is 2.00. The number of alkyl halides is 1. The third kappa shape index (κ3) is 2.55. The standard InChI is InChI=1S/C11H13FO2/c1-2-4-8-5-3-6-9(7-8)10(12)11(13)14/h3,5-7,10H,2,4H2,1H3,(H,13,14). The van der Waals surface area contributed by atoms with Crippen LogP contribution in [0.5, 0.6) is 0 Å². The lowest BCUT2D eigenvalue weighted by molar-refractivity contribution is -0.143. The fraction of sp³-hybridized carbons (Fsp3) is 0.364. The Balaban J connectivity index is 2.87. The minimum absolute atomic E-state index is 0.225. The Bertz CT molecular complexity index is 323. The van der Waals surface area contributed by atoms with E-state index in [-0.39, 0.29) is 5.56 Å². The molecule has 1 aromatic carbocycles. The van der Waals surface area contributed by atoms with Gasteiger partial charge in [-0.05, 0) is 17.5 Å². The molecule has 0 aromatic heterocycles. The van der Waals surface area contributed by atoms with Crippen molar-refractivity contribution in [1.29, 1.82) is 0 Å². The Morgan fingerprint density at radius 3 is 2.86 bits per heavy atom. The highest BCUT2D eigenvalue weighted by atomic mass is 19.1. The van der Waals surface area contributed by atoms with Crippen molar-refractivity contribution in [2.24, 2.45) is 0 Å². The topological polar surface area (TPSA) is 37.3 Å². The van der Waals surface area contributed by atoms with E-state index in [4.69, 9.17) is 5.11 Å². The molecule has 0 amide bonds. The molecule has 2 nitrogen and oxygen atoms in total. The first-order valence-corrected chi connectivity index (χ1v) is 4.61. The third-order valence-corrected chi connectivity index (χ3v) is 2.00. The van der Waals surface area contributed by atoms with Crippen LogP contribution in [-0.4, -0.2) is 11.1 Å². The molecule has 14 heavy (non-hydrogen) atoms. The maximum atomic E-state index is 13.1. The molecule has 1 atom stereocenters. The second-order valence-electron chi connectivity index (χ2n) is 3.20. The van der Waals surface area contributed by atoms with Crippen molar-refractivity contribution in [2.45, 2.75) is 25.9 Å². The summed E-state index contributed by atoms with van der Waals surface area (Å²) in [6.07, 6.45) is -0.0972. The summed E-state index contributed by atoms with van der Waals surface area (Å²) in [6, 6.07) is 6.68. The molecular weight excluding hydrogens is 183 g/mol. The lowest BCUT2D eigenvalue weighted by Crippen LogP contribution is -2.06. The second-order valence-corrected chi connectivity index (χ2v) is 3.20. The van der Waals surface area contributed by atoms with Crippen LogP contribution in [0.15, 0.2) is 24.3 Å². The van der Waals surface area contributed by atoms with Gasteiger partial charge in [0.1, 0.15) is 0 Å². The zero-order chi connectivity index (χ0) is 10.6. The number of rotatable bonds is 4. The average molecular weight is 196 g/mol. The van der Waals surface area contributed by atoms with Gasteiger partial charge in [0.05, 0.1) is 0 Å². The van der Waals surface area contributed by atoms with Gasteiger partial charge in [-0.25, -0.2) is 9.18 Å². The number of carbonyl (C=O) groups is 1. The van der Waals surface area contributed by atoms with Crippen LogP contribution in [0.4, 0.5) is 4.39 Å². The van der Waals surface area contributed by atoms with E-state index >= 15 is 0 Å². The van der Waals surface area contributed by atoms with Crippen molar-refractivity contribution in [3.05, 3.63) is 35.4 Å². The Hall–Kier alpha value is -1.38. The maximum Gasteiger partial charge on any atom is 0.343 e. The minimum Gasteiger partial charge on any atom is -0.479 e. The number of hydrogen-bond donors (Lipinski definition) is 1. The van der Waals surface area contributed by atoms with E-state index in [2.05, 4.69) is 0 Å². The van der Waals surface area contributed by atoms with Gasteiger partial charge in [0.2, 0.25) is 6.17 Å². The Morgan fingerprint density at radius 2 is 2.29 bits per heavy atom. The molecule has 0 aliphatic rings. The molecule has 0 saturated heterocycles. The summed E-state index contributed by atoms with van der Waals surface area (Å²) in [4.78, 5) is 10.4. The van der Waals surface area contributed by atoms with E-state index in [1.165, 1.54) is 6.07 Å². The zero-order valence-corrected chi connectivity index (χ0v) is 8.03. The van der Waals surface area contributed by atoms with E-state index in [1.54, 1.807) is 12.1 Å². The summed E-state index contributed by atoms with van der Waals surface area (Å²) in [5.74, 6) is -1.43. The molecule has 0 spiro atoms. The number of carboxylic acids is 1. The second kappa shape index (κ2) is 4.74. The highest BCUT2D eigenvalue weighted by molar-refractivity contribution is 5.74. The van der Waals surface area contributed by atoms with Crippen molar-refractivity contribution in [3.63, 3.8) is 0 Å². The summed E-state index contributed by atoms with van der Waals surface area (Å²) in [7, 11) is 0. The number of carboxylic acid groups (broad SMARTS) is 1. The lowest BCUT2D eigenvalue weighted by Gasteiger charge is -2.05. The summed E-state index contributed by atoms with van der Waals surface area (Å²) in [6.45, 7) is 2.02. The molecular formula is C11H13FO2. The van der Waals surface area contributed by atoms with Gasteiger partial charge in [0, 0.05) is 0 Å². The molecule has 3 heteroatoms. The number of aliphatic carboxylic acids is 1. The van der Waals surface area contributed by atoms with Gasteiger partial charge in [-0.3, -0.25) is 0 Å². The Labute approximate surface area is 82.4 Å². The highest BCUT2D eigenvalue weighted by Crippen LogP contribution is 2.19. The predicted molar refractivity (Wildman–Crippen MR) is 51.9 cm³/mol. The summed E-state index contributed by atoms with van der Waals surface area (Å²) in [5, 5.41) is 8.48. The molecule has 1 unspecified atom stereocenters. The molecule has 0 saturated carbocycles. The molecule has 1 aromatic rings. The number of benzene rings is 1. The first-order valence-electron chi connectivity index (χ1n) is 4.61. The first-order chi connectivity index (χ1) is 6.65. The van der Waals surface area contributed by atoms with Crippen molar-refractivity contribution in [1.82, 2.24) is 0 Å². The first kappa shape index (κ1) is 10.7. The molecule has 0 bridgehead atoms. The van der Waals surface area contributed by atoms with Gasteiger partial charge in [-0.15, -0.1) is 0 Å². The average Bonchev–Trinajstić information content (AvgIpc) is 2.17. The van der Waals surface area contributed by atoms with E-state index in [0.717, 1.165) is 18.4 Å². The molecule has 0 fully saturated rings. The monoisotopic (exact) mass is 196 g/mol. The summed E-state index contributed by atoms with van der Waals surface area (Å²) < 4.78 is 13.1. The van der Waals surface area contributed by atoms with Gasteiger partial charge in [-0.2, -0.15) is 0 Å². The van der Waals surface area contributed by atoms with Gasteiger partial charge in [0.15, 0.2) is 0 Å². The zero-order valence-electron chi connectivity index (χ0n) is 8.03. The van der Waals surface area contributed by atoms with Crippen LogP contribution in [0, 0.1) is 0 Å². The molecule has 0 heterocycles. The smallest absolute Gasteiger partial charge is 0.343 e. The van der Waals surface area contributed by atoms with Gasteiger partial charge >= 0.3 is 5.97 Å². The van der Waals surface area contributed by atoms with Crippen molar-refractivity contribution in [2.75, 3.05) is 0 Å². The van der Waals surface area contributed by atoms with Gasteiger partial charge in [-0.1, -0.05) is 37.6 Å². The Kier molecular flexibility index (Phi) is 3.63. The van der Waals surface area contributed by atoms with Crippen molar-refractivity contribution < 1.29 is 14.3 Å². The summed E-state index contributed by atoms with van der Waals surface area (Å²) >= 11 is 0. The fourth-order valence-electron chi connectivity index (χ4n) is 1.34. The molecule has 1 rings (SSSR count). The van der Waals surface area contributed by atoms with Crippen LogP contribution < -0.4 is 0 Å². The SMILES string of the molecule is CCCc1cccc(C(F)C(=O)O)c1. The lowest BCUT2D eigenvalue weighted by atomic mass is 10.0. The molecule has 0 aliphatic heterocycles. The van der Waals surface area contributed by atoms with E-state index in [1.807, 2.05) is 13.0 Å².